The van der Waals surface area contributed by atoms with Crippen LogP contribution in [0, 0.1) is 18.8 Å². The van der Waals surface area contributed by atoms with Crippen molar-refractivity contribution in [3.8, 4) is 0 Å². The fourth-order valence-corrected chi connectivity index (χ4v) is 3.34. The van der Waals surface area contributed by atoms with Crippen LogP contribution in [0.1, 0.15) is 42.8 Å². The second kappa shape index (κ2) is 8.76. The summed E-state index contributed by atoms with van der Waals surface area (Å²) in [5, 5.41) is 6.29. The Kier molecular flexibility index (Phi) is 6.70. The Morgan fingerprint density at radius 2 is 1.96 bits per heavy atom. The highest BCUT2D eigenvalue weighted by atomic mass is 16.3. The molecule has 1 aromatic heterocycles. The second-order valence-electron chi connectivity index (χ2n) is 6.87. The topological polar surface area (TPSA) is 69.9 Å². The van der Waals surface area contributed by atoms with E-state index in [0.717, 1.165) is 37.6 Å². The molecule has 24 heavy (non-hydrogen) atoms. The van der Waals surface area contributed by atoms with Gasteiger partial charge in [-0.15, -0.1) is 0 Å². The standard InChI is InChI=1S/C18H30N4O2/c1-13-10-14(2)12-22(11-13)18(19-4)21-8-5-7-20-17(23)16-15(3)6-9-24-16/h6,9,13-14H,5,7-8,10-12H2,1-4H3,(H,19,21)(H,20,23). The largest absolute Gasteiger partial charge is 0.459 e. The van der Waals surface area contributed by atoms with Gasteiger partial charge in [0.1, 0.15) is 0 Å². The monoisotopic (exact) mass is 334 g/mol. The van der Waals surface area contributed by atoms with Crippen LogP contribution in [0.5, 0.6) is 0 Å². The van der Waals surface area contributed by atoms with E-state index in [1.165, 1.54) is 12.7 Å². The molecule has 2 rings (SSSR count). The molecule has 1 aliphatic heterocycles. The van der Waals surface area contributed by atoms with Gasteiger partial charge in [0.05, 0.1) is 6.26 Å². The summed E-state index contributed by atoms with van der Waals surface area (Å²) in [6.07, 6.45) is 3.66. The van der Waals surface area contributed by atoms with E-state index in [-0.39, 0.29) is 5.91 Å². The Labute approximate surface area is 144 Å². The first-order chi connectivity index (χ1) is 11.5. The number of aliphatic imine (C=N–C) groups is 1. The first kappa shape index (κ1) is 18.4. The zero-order valence-electron chi connectivity index (χ0n) is 15.3. The summed E-state index contributed by atoms with van der Waals surface area (Å²) in [6, 6.07) is 1.79. The number of rotatable bonds is 5. The normalized spacial score (nSPS) is 21.7. The third-order valence-electron chi connectivity index (χ3n) is 4.37. The maximum atomic E-state index is 11.9. The number of nitrogens with one attached hydrogen (secondary N) is 2. The van der Waals surface area contributed by atoms with E-state index in [2.05, 4.69) is 34.4 Å². The zero-order chi connectivity index (χ0) is 17.5. The van der Waals surface area contributed by atoms with Gasteiger partial charge in [-0.3, -0.25) is 9.79 Å². The van der Waals surface area contributed by atoms with E-state index in [1.54, 1.807) is 6.07 Å². The third kappa shape index (κ3) is 5.01. The van der Waals surface area contributed by atoms with Crippen molar-refractivity contribution >= 4 is 11.9 Å². The number of hydrogen-bond acceptors (Lipinski definition) is 3. The molecular weight excluding hydrogens is 304 g/mol. The summed E-state index contributed by atoms with van der Waals surface area (Å²) in [4.78, 5) is 18.7. The number of carbonyl (C=O) groups is 1. The molecule has 0 aliphatic carbocycles. The predicted molar refractivity (Wildman–Crippen MR) is 96.3 cm³/mol. The minimum absolute atomic E-state index is 0.152. The minimum Gasteiger partial charge on any atom is -0.459 e. The van der Waals surface area contributed by atoms with Crippen molar-refractivity contribution in [3.63, 3.8) is 0 Å². The lowest BCUT2D eigenvalue weighted by molar-refractivity contribution is 0.0925. The lowest BCUT2D eigenvalue weighted by Gasteiger charge is -2.37. The van der Waals surface area contributed by atoms with Gasteiger partial charge in [-0.05, 0) is 37.7 Å². The number of furan rings is 1. The first-order valence-corrected chi connectivity index (χ1v) is 8.79. The smallest absolute Gasteiger partial charge is 0.287 e. The second-order valence-corrected chi connectivity index (χ2v) is 6.87. The molecule has 2 heterocycles. The van der Waals surface area contributed by atoms with E-state index in [4.69, 9.17) is 4.42 Å². The highest BCUT2D eigenvalue weighted by Crippen LogP contribution is 2.20. The van der Waals surface area contributed by atoms with Crippen LogP contribution in [-0.2, 0) is 0 Å². The average molecular weight is 334 g/mol. The van der Waals surface area contributed by atoms with Crippen LogP contribution in [0.4, 0.5) is 0 Å². The number of guanidine groups is 1. The molecule has 1 fully saturated rings. The summed E-state index contributed by atoms with van der Waals surface area (Å²) in [7, 11) is 1.83. The number of piperidine rings is 1. The highest BCUT2D eigenvalue weighted by Gasteiger charge is 2.23. The summed E-state index contributed by atoms with van der Waals surface area (Å²) >= 11 is 0. The Balaban J connectivity index is 1.69. The summed E-state index contributed by atoms with van der Waals surface area (Å²) in [5.41, 5.74) is 0.861. The molecule has 0 aromatic carbocycles. The SMILES string of the molecule is CN=C(NCCCNC(=O)c1occc1C)N1CC(C)CC(C)C1. The lowest BCUT2D eigenvalue weighted by Crippen LogP contribution is -2.48. The number of likely N-dealkylation sites (tertiary alicyclic amines) is 1. The molecule has 0 saturated carbocycles. The molecule has 6 heteroatoms. The third-order valence-corrected chi connectivity index (χ3v) is 4.37. The molecule has 0 bridgehead atoms. The van der Waals surface area contributed by atoms with Crippen LogP contribution in [-0.4, -0.2) is 50.0 Å². The van der Waals surface area contributed by atoms with Crippen LogP contribution in [0.2, 0.25) is 0 Å². The van der Waals surface area contributed by atoms with Gasteiger partial charge >= 0.3 is 0 Å². The fraction of sp³-hybridized carbons (Fsp3) is 0.667. The van der Waals surface area contributed by atoms with Gasteiger partial charge in [-0.25, -0.2) is 0 Å². The average Bonchev–Trinajstić information content (AvgIpc) is 2.95. The van der Waals surface area contributed by atoms with Gasteiger partial charge in [0.2, 0.25) is 0 Å². The van der Waals surface area contributed by atoms with Crippen molar-refractivity contribution in [1.82, 2.24) is 15.5 Å². The number of nitrogens with zero attached hydrogens (tertiary/aromatic N) is 2. The van der Waals surface area contributed by atoms with Crippen molar-refractivity contribution in [2.75, 3.05) is 33.2 Å². The Morgan fingerprint density at radius 3 is 2.54 bits per heavy atom. The van der Waals surface area contributed by atoms with Gasteiger partial charge in [-0.2, -0.15) is 0 Å². The fourth-order valence-electron chi connectivity index (χ4n) is 3.34. The lowest BCUT2D eigenvalue weighted by atomic mass is 9.92. The summed E-state index contributed by atoms with van der Waals surface area (Å²) in [5.74, 6) is 2.60. The van der Waals surface area contributed by atoms with E-state index in [0.29, 0.717) is 24.1 Å². The molecule has 2 N–H and O–H groups in total. The van der Waals surface area contributed by atoms with Crippen LogP contribution in [0.25, 0.3) is 0 Å². The predicted octanol–water partition coefficient (Wildman–Crippen LogP) is 2.26. The van der Waals surface area contributed by atoms with Crippen molar-refractivity contribution in [2.24, 2.45) is 16.8 Å². The molecule has 2 atom stereocenters. The Morgan fingerprint density at radius 1 is 1.29 bits per heavy atom. The number of carbonyl (C=O) groups excluding carboxylic acids is 1. The van der Waals surface area contributed by atoms with Crippen molar-refractivity contribution in [2.45, 2.75) is 33.6 Å². The van der Waals surface area contributed by atoms with Crippen LogP contribution >= 0.6 is 0 Å². The maximum Gasteiger partial charge on any atom is 0.287 e. The molecule has 1 aliphatic rings. The van der Waals surface area contributed by atoms with Gasteiger partial charge in [0.15, 0.2) is 11.7 Å². The number of amides is 1. The molecule has 0 spiro atoms. The number of hydrogen-bond donors (Lipinski definition) is 2. The van der Waals surface area contributed by atoms with E-state index < -0.39 is 0 Å². The molecule has 2 unspecified atom stereocenters. The van der Waals surface area contributed by atoms with Crippen molar-refractivity contribution < 1.29 is 9.21 Å². The molecule has 1 aromatic rings. The minimum atomic E-state index is -0.152. The maximum absolute atomic E-state index is 11.9. The van der Waals surface area contributed by atoms with Gasteiger partial charge < -0.3 is 20.0 Å². The van der Waals surface area contributed by atoms with Crippen LogP contribution in [0.3, 0.4) is 0 Å². The molecule has 134 valence electrons. The molecular formula is C18H30N4O2. The molecule has 0 radical (unpaired) electrons. The quantitative estimate of drug-likeness (QED) is 0.492. The van der Waals surface area contributed by atoms with E-state index >= 15 is 0 Å². The van der Waals surface area contributed by atoms with Gasteiger partial charge in [0.25, 0.3) is 5.91 Å². The van der Waals surface area contributed by atoms with Gasteiger partial charge in [0, 0.05) is 38.8 Å². The zero-order valence-corrected chi connectivity index (χ0v) is 15.3. The van der Waals surface area contributed by atoms with Crippen molar-refractivity contribution in [1.29, 1.82) is 0 Å². The summed E-state index contributed by atoms with van der Waals surface area (Å²) in [6.45, 7) is 9.95. The van der Waals surface area contributed by atoms with E-state index in [9.17, 15) is 4.79 Å². The Bertz CT molecular complexity index is 557. The Hall–Kier alpha value is -1.98. The van der Waals surface area contributed by atoms with E-state index in [1.807, 2.05) is 14.0 Å². The molecule has 1 amide bonds. The van der Waals surface area contributed by atoms with Crippen LogP contribution < -0.4 is 10.6 Å². The van der Waals surface area contributed by atoms with Gasteiger partial charge in [-0.1, -0.05) is 13.8 Å². The first-order valence-electron chi connectivity index (χ1n) is 8.79. The highest BCUT2D eigenvalue weighted by molar-refractivity contribution is 5.92. The van der Waals surface area contributed by atoms with Crippen molar-refractivity contribution in [3.05, 3.63) is 23.7 Å². The molecule has 1 saturated heterocycles. The van der Waals surface area contributed by atoms with Crippen LogP contribution in [0.15, 0.2) is 21.7 Å². The molecule has 6 nitrogen and oxygen atoms in total. The number of aryl methyl sites for hydroxylation is 1. The summed E-state index contributed by atoms with van der Waals surface area (Å²) < 4.78 is 5.18.